The zero-order valence-electron chi connectivity index (χ0n) is 18.9. The molecule has 17 heteroatoms. The first kappa shape index (κ1) is 25.4. The van der Waals surface area contributed by atoms with Gasteiger partial charge in [0.2, 0.25) is 25.9 Å². The van der Waals surface area contributed by atoms with Gasteiger partial charge in [-0.25, -0.2) is 26.7 Å². The quantitative estimate of drug-likeness (QED) is 0.235. The Morgan fingerprint density at radius 2 is 2.00 bits per heavy atom. The van der Waals surface area contributed by atoms with E-state index in [9.17, 15) is 21.6 Å². The number of aromatic nitrogens is 4. The minimum Gasteiger partial charge on any atom is -0.468 e. The Hall–Kier alpha value is -2.70. The zero-order chi connectivity index (χ0) is 25.2. The number of rotatable bonds is 7. The summed E-state index contributed by atoms with van der Waals surface area (Å²) >= 11 is 0. The van der Waals surface area contributed by atoms with Crippen molar-refractivity contribution in [3.05, 3.63) is 12.1 Å². The fraction of sp³-hybridized carbons (Fsp3) is 0.556. The standard InChI is InChI=1S/C18H27N9O6S2/c1-33-18(28)12-5-8-27(9-7-21-12)13-2-3-14(35(31,32)24-11-4-6-20-10-11)16(34(19,29)30)15(13)17-22-25-26-23-17/h2-3,11-12,20-21,24H,4-10H2,1H3,(H2,19,29,30)(H,22,23,25,26). The molecule has 3 heterocycles. The highest BCUT2D eigenvalue weighted by atomic mass is 32.2. The third-order valence-electron chi connectivity index (χ3n) is 5.91. The highest BCUT2D eigenvalue weighted by Crippen LogP contribution is 2.38. The first-order valence-corrected chi connectivity index (χ1v) is 13.9. The number of H-pyrrole nitrogens is 1. The molecule has 0 saturated carbocycles. The van der Waals surface area contributed by atoms with Crippen LogP contribution in [-0.2, 0) is 29.6 Å². The Kier molecular flexibility index (Phi) is 7.34. The SMILES string of the molecule is COC(=O)C1CCN(c2ccc(S(=O)(=O)NC3CCNC3)c(S(N)(=O)=O)c2-c2nn[nH]n2)CCN1. The van der Waals surface area contributed by atoms with Gasteiger partial charge in [-0.15, -0.1) is 10.2 Å². The van der Waals surface area contributed by atoms with Crippen molar-refractivity contribution in [1.82, 2.24) is 36.0 Å². The molecule has 1 aromatic heterocycles. The average Bonchev–Trinajstić information content (AvgIpc) is 3.47. The molecule has 0 spiro atoms. The molecule has 2 aliphatic heterocycles. The van der Waals surface area contributed by atoms with E-state index in [2.05, 4.69) is 36.0 Å². The van der Waals surface area contributed by atoms with E-state index in [0.29, 0.717) is 51.3 Å². The number of hydrogen-bond donors (Lipinski definition) is 5. The Balaban J connectivity index is 1.84. The zero-order valence-corrected chi connectivity index (χ0v) is 20.5. The molecule has 2 unspecified atom stereocenters. The summed E-state index contributed by atoms with van der Waals surface area (Å²) in [5.41, 5.74) is 0.245. The lowest BCUT2D eigenvalue weighted by Gasteiger charge is -2.26. The maximum atomic E-state index is 13.3. The minimum atomic E-state index is -4.58. The number of primary sulfonamides is 1. The number of ether oxygens (including phenoxy) is 1. The van der Waals surface area contributed by atoms with E-state index in [-0.39, 0.29) is 11.4 Å². The number of anilines is 1. The van der Waals surface area contributed by atoms with Crippen LogP contribution in [0.4, 0.5) is 5.69 Å². The van der Waals surface area contributed by atoms with E-state index >= 15 is 0 Å². The van der Waals surface area contributed by atoms with Crippen LogP contribution >= 0.6 is 0 Å². The van der Waals surface area contributed by atoms with Crippen molar-refractivity contribution in [2.24, 2.45) is 5.14 Å². The summed E-state index contributed by atoms with van der Waals surface area (Å²) in [4.78, 5) is 12.7. The second-order valence-corrected chi connectivity index (χ2v) is 11.4. The fourth-order valence-corrected chi connectivity index (χ4v) is 7.16. The van der Waals surface area contributed by atoms with Crippen LogP contribution < -0.4 is 25.4 Å². The molecule has 15 nitrogen and oxygen atoms in total. The van der Waals surface area contributed by atoms with Crippen LogP contribution in [0.5, 0.6) is 0 Å². The largest absolute Gasteiger partial charge is 0.468 e. The van der Waals surface area contributed by atoms with Gasteiger partial charge in [0.1, 0.15) is 15.8 Å². The molecule has 192 valence electrons. The molecule has 0 amide bonds. The molecule has 2 aliphatic rings. The first-order valence-electron chi connectivity index (χ1n) is 10.8. The molecule has 6 N–H and O–H groups in total. The summed E-state index contributed by atoms with van der Waals surface area (Å²) in [6.45, 7) is 2.15. The third kappa shape index (κ3) is 5.44. The van der Waals surface area contributed by atoms with Gasteiger partial charge in [0, 0.05) is 37.9 Å². The van der Waals surface area contributed by atoms with Crippen LogP contribution in [-0.4, -0.2) is 95.3 Å². The summed E-state index contributed by atoms with van der Waals surface area (Å²) in [5, 5.41) is 25.3. The summed E-state index contributed by atoms with van der Waals surface area (Å²) in [6.07, 6.45) is 0.918. The molecule has 0 bridgehead atoms. The predicted octanol–water partition coefficient (Wildman–Crippen LogP) is -2.50. The lowest BCUT2D eigenvalue weighted by atomic mass is 10.1. The number of nitrogens with two attached hydrogens (primary N) is 1. The van der Waals surface area contributed by atoms with Crippen LogP contribution in [0, 0.1) is 0 Å². The molecule has 2 atom stereocenters. The van der Waals surface area contributed by atoms with Gasteiger partial charge in [0.05, 0.1) is 12.7 Å². The lowest BCUT2D eigenvalue weighted by molar-refractivity contribution is -0.143. The maximum Gasteiger partial charge on any atom is 0.322 e. The van der Waals surface area contributed by atoms with Gasteiger partial charge < -0.3 is 20.3 Å². The van der Waals surface area contributed by atoms with Crippen LogP contribution in [0.3, 0.4) is 0 Å². The van der Waals surface area contributed by atoms with Crippen molar-refractivity contribution >= 4 is 31.7 Å². The monoisotopic (exact) mass is 529 g/mol. The Morgan fingerprint density at radius 1 is 1.20 bits per heavy atom. The number of nitrogens with one attached hydrogen (secondary N) is 4. The van der Waals surface area contributed by atoms with Crippen LogP contribution in [0.2, 0.25) is 0 Å². The van der Waals surface area contributed by atoms with E-state index in [1.807, 2.05) is 0 Å². The number of esters is 1. The second-order valence-electron chi connectivity index (χ2n) is 8.18. The molecule has 2 fully saturated rings. The summed E-state index contributed by atoms with van der Waals surface area (Å²) in [7, 11) is -7.55. The average molecular weight is 530 g/mol. The van der Waals surface area contributed by atoms with Gasteiger partial charge >= 0.3 is 5.97 Å². The number of methoxy groups -OCH3 is 1. The number of tetrazole rings is 1. The number of nitrogens with zero attached hydrogens (tertiary/aromatic N) is 4. The normalized spacial score (nSPS) is 21.6. The van der Waals surface area contributed by atoms with E-state index < -0.39 is 47.9 Å². The molecule has 2 saturated heterocycles. The van der Waals surface area contributed by atoms with Crippen LogP contribution in [0.1, 0.15) is 12.8 Å². The number of hydrogen-bond acceptors (Lipinski definition) is 12. The molecular weight excluding hydrogens is 502 g/mol. The molecular formula is C18H27N9O6S2. The fourth-order valence-electron chi connectivity index (χ4n) is 4.29. The summed E-state index contributed by atoms with van der Waals surface area (Å²) < 4.78 is 59.6. The van der Waals surface area contributed by atoms with Gasteiger partial charge in [-0.1, -0.05) is 0 Å². The predicted molar refractivity (Wildman–Crippen MR) is 123 cm³/mol. The van der Waals surface area contributed by atoms with Gasteiger partial charge in [0.25, 0.3) is 0 Å². The maximum absolute atomic E-state index is 13.3. The van der Waals surface area contributed by atoms with Crippen molar-refractivity contribution in [3.63, 3.8) is 0 Å². The van der Waals surface area contributed by atoms with Crippen molar-refractivity contribution in [2.75, 3.05) is 44.7 Å². The van der Waals surface area contributed by atoms with Gasteiger partial charge in [0.15, 0.2) is 0 Å². The van der Waals surface area contributed by atoms with E-state index in [4.69, 9.17) is 9.88 Å². The van der Waals surface area contributed by atoms with E-state index in [0.717, 1.165) is 0 Å². The highest BCUT2D eigenvalue weighted by Gasteiger charge is 2.35. The first-order chi connectivity index (χ1) is 16.6. The van der Waals surface area contributed by atoms with Crippen molar-refractivity contribution < 1.29 is 26.4 Å². The number of sulfonamides is 2. The number of benzene rings is 1. The van der Waals surface area contributed by atoms with Crippen LogP contribution in [0.15, 0.2) is 21.9 Å². The topological polar surface area (TPSA) is 214 Å². The van der Waals surface area contributed by atoms with Gasteiger partial charge in [-0.2, -0.15) is 5.21 Å². The van der Waals surface area contributed by atoms with Gasteiger partial charge in [-0.05, 0) is 36.7 Å². The number of aromatic amines is 1. The second kappa shape index (κ2) is 10.1. The number of carbonyl (C=O) groups is 1. The van der Waals surface area contributed by atoms with Gasteiger partial charge in [-0.3, -0.25) is 4.79 Å². The smallest absolute Gasteiger partial charge is 0.322 e. The summed E-state index contributed by atoms with van der Waals surface area (Å²) in [5.74, 6) is -0.547. The Labute approximate surface area is 202 Å². The third-order valence-corrected chi connectivity index (χ3v) is 8.60. The molecule has 35 heavy (non-hydrogen) atoms. The van der Waals surface area contributed by atoms with E-state index in [1.54, 1.807) is 4.90 Å². The molecule has 4 rings (SSSR count). The van der Waals surface area contributed by atoms with Crippen molar-refractivity contribution in [2.45, 2.75) is 34.7 Å². The van der Waals surface area contributed by atoms with Crippen LogP contribution in [0.25, 0.3) is 11.4 Å². The number of carbonyl (C=O) groups excluding carboxylic acids is 1. The van der Waals surface area contributed by atoms with Crippen molar-refractivity contribution in [3.8, 4) is 11.4 Å². The molecule has 0 radical (unpaired) electrons. The van der Waals surface area contributed by atoms with E-state index in [1.165, 1.54) is 19.2 Å². The van der Waals surface area contributed by atoms with Crippen molar-refractivity contribution in [1.29, 1.82) is 0 Å². The summed E-state index contributed by atoms with van der Waals surface area (Å²) in [6, 6.07) is 1.76. The molecule has 0 aliphatic carbocycles. The molecule has 2 aromatic rings. The molecule has 1 aromatic carbocycles. The lowest BCUT2D eigenvalue weighted by Crippen LogP contribution is -2.37. The highest BCUT2D eigenvalue weighted by molar-refractivity contribution is 7.92. The minimum absolute atomic E-state index is 0.0924. The Morgan fingerprint density at radius 3 is 2.63 bits per heavy atom. The Bertz CT molecular complexity index is 1280.